The second-order valence-corrected chi connectivity index (χ2v) is 6.66. The highest BCUT2D eigenvalue weighted by Gasteiger charge is 2.06. The molecule has 7 heteroatoms. The third-order valence-corrected chi connectivity index (χ3v) is 4.43. The summed E-state index contributed by atoms with van der Waals surface area (Å²) in [6.07, 6.45) is 3.58. The van der Waals surface area contributed by atoms with E-state index < -0.39 is 0 Å². The molecule has 0 unspecified atom stereocenters. The van der Waals surface area contributed by atoms with Crippen LogP contribution in [0.5, 0.6) is 5.75 Å². The number of ether oxygens (including phenoxy) is 1. The zero-order valence-corrected chi connectivity index (χ0v) is 15.7. The highest BCUT2D eigenvalue weighted by molar-refractivity contribution is 9.10. The molecule has 0 saturated carbocycles. The monoisotopic (exact) mass is 419 g/mol. The van der Waals surface area contributed by atoms with E-state index in [-0.39, 0.29) is 12.5 Å². The van der Waals surface area contributed by atoms with Crippen molar-refractivity contribution in [3.05, 3.63) is 63.7 Å². The number of aryl methyl sites for hydroxylation is 1. The molecule has 0 fully saturated rings. The van der Waals surface area contributed by atoms with Gasteiger partial charge < -0.3 is 9.30 Å². The van der Waals surface area contributed by atoms with Crippen molar-refractivity contribution in [2.24, 2.45) is 12.1 Å². The Morgan fingerprint density at radius 3 is 2.96 bits per heavy atom. The number of hydrogen-bond donors (Lipinski definition) is 1. The quantitative estimate of drug-likeness (QED) is 0.498. The third kappa shape index (κ3) is 4.21. The minimum Gasteiger partial charge on any atom is -0.483 e. The number of fused-ring (bicyclic) bond motifs is 1. The maximum atomic E-state index is 11.9. The number of benzene rings is 2. The lowest BCUT2D eigenvalue weighted by Crippen LogP contribution is -2.24. The molecule has 25 heavy (non-hydrogen) atoms. The Labute approximate surface area is 158 Å². The predicted molar refractivity (Wildman–Crippen MR) is 103 cm³/mol. The average molecular weight is 421 g/mol. The van der Waals surface area contributed by atoms with E-state index in [1.807, 2.05) is 42.1 Å². The third-order valence-electron chi connectivity index (χ3n) is 3.57. The summed E-state index contributed by atoms with van der Waals surface area (Å²) in [6.45, 7) is -0.146. The van der Waals surface area contributed by atoms with E-state index in [1.165, 1.54) is 0 Å². The van der Waals surface area contributed by atoms with Gasteiger partial charge in [0.2, 0.25) is 0 Å². The first kappa shape index (κ1) is 17.5. The van der Waals surface area contributed by atoms with Gasteiger partial charge in [-0.3, -0.25) is 4.79 Å². The number of hydrogen-bond acceptors (Lipinski definition) is 3. The maximum Gasteiger partial charge on any atom is 0.277 e. The molecule has 0 radical (unpaired) electrons. The minimum atomic E-state index is -0.349. The number of hydrazone groups is 1. The zero-order chi connectivity index (χ0) is 17.8. The second-order valence-electron chi connectivity index (χ2n) is 5.37. The van der Waals surface area contributed by atoms with Crippen molar-refractivity contribution in [2.45, 2.75) is 0 Å². The summed E-state index contributed by atoms with van der Waals surface area (Å²) in [6, 6.07) is 13.1. The van der Waals surface area contributed by atoms with Gasteiger partial charge in [0, 0.05) is 34.7 Å². The molecular formula is C18H15BrClN3O2. The molecule has 0 aliphatic carbocycles. The Morgan fingerprint density at radius 1 is 1.36 bits per heavy atom. The second kappa shape index (κ2) is 7.72. The molecule has 5 nitrogen and oxygen atoms in total. The molecule has 0 spiro atoms. The first-order valence-electron chi connectivity index (χ1n) is 7.48. The summed E-state index contributed by atoms with van der Waals surface area (Å²) in [7, 11) is 1.97. The molecule has 0 aliphatic rings. The molecule has 0 aliphatic heterocycles. The fraction of sp³-hybridized carbons (Fsp3) is 0.111. The van der Waals surface area contributed by atoms with Crippen LogP contribution < -0.4 is 10.2 Å². The van der Waals surface area contributed by atoms with Gasteiger partial charge in [0.25, 0.3) is 5.91 Å². The summed E-state index contributed by atoms with van der Waals surface area (Å²) in [5.41, 5.74) is 4.49. The highest BCUT2D eigenvalue weighted by Crippen LogP contribution is 2.27. The molecule has 2 aromatic carbocycles. The molecule has 0 atom stereocenters. The molecule has 1 aromatic heterocycles. The Hall–Kier alpha value is -2.31. The van der Waals surface area contributed by atoms with Gasteiger partial charge in [0.15, 0.2) is 6.61 Å². The van der Waals surface area contributed by atoms with Crippen molar-refractivity contribution in [3.63, 3.8) is 0 Å². The standard InChI is InChI=1S/C18H15BrClN3O2/c1-23-10-12(14-4-2-3-5-16(14)23)9-21-22-18(24)11-25-17-7-6-13(20)8-15(17)19/h2-10H,11H2,1H3,(H,22,24)/b21-9+. The van der Waals surface area contributed by atoms with Crippen LogP contribution in [0, 0.1) is 0 Å². The van der Waals surface area contributed by atoms with E-state index >= 15 is 0 Å². The largest absolute Gasteiger partial charge is 0.483 e. The summed E-state index contributed by atoms with van der Waals surface area (Å²) < 4.78 is 8.14. The summed E-state index contributed by atoms with van der Waals surface area (Å²) in [4.78, 5) is 11.9. The van der Waals surface area contributed by atoms with Crippen LogP contribution in [0.4, 0.5) is 0 Å². The van der Waals surface area contributed by atoms with Crippen LogP contribution in [0.2, 0.25) is 5.02 Å². The molecule has 3 aromatic rings. The first-order valence-corrected chi connectivity index (χ1v) is 8.65. The normalized spacial score (nSPS) is 11.2. The van der Waals surface area contributed by atoms with Gasteiger partial charge in [0.05, 0.1) is 10.7 Å². The van der Waals surface area contributed by atoms with Crippen LogP contribution in [0.15, 0.2) is 58.2 Å². The Bertz CT molecular complexity index is 953. The van der Waals surface area contributed by atoms with Gasteiger partial charge in [-0.2, -0.15) is 5.10 Å². The summed E-state index contributed by atoms with van der Waals surface area (Å²) in [5, 5.41) is 5.66. The van der Waals surface area contributed by atoms with Crippen LogP contribution in [0.1, 0.15) is 5.56 Å². The van der Waals surface area contributed by atoms with Crippen molar-refractivity contribution in [1.82, 2.24) is 9.99 Å². The topological polar surface area (TPSA) is 55.6 Å². The van der Waals surface area contributed by atoms with Gasteiger partial charge in [-0.15, -0.1) is 0 Å². The number of aromatic nitrogens is 1. The number of carbonyl (C=O) groups is 1. The minimum absolute atomic E-state index is 0.146. The van der Waals surface area contributed by atoms with Gasteiger partial charge in [0.1, 0.15) is 5.75 Å². The van der Waals surface area contributed by atoms with E-state index in [4.69, 9.17) is 16.3 Å². The van der Waals surface area contributed by atoms with Gasteiger partial charge >= 0.3 is 0 Å². The fourth-order valence-corrected chi connectivity index (χ4v) is 3.21. The SMILES string of the molecule is Cn1cc(/C=N/NC(=O)COc2ccc(Cl)cc2Br)c2ccccc21. The van der Waals surface area contributed by atoms with Crippen molar-refractivity contribution < 1.29 is 9.53 Å². The van der Waals surface area contributed by atoms with Gasteiger partial charge in [-0.05, 0) is 40.2 Å². The zero-order valence-electron chi connectivity index (χ0n) is 13.4. The van der Waals surface area contributed by atoms with Crippen molar-refractivity contribution in [1.29, 1.82) is 0 Å². The summed E-state index contributed by atoms with van der Waals surface area (Å²) >= 11 is 9.20. The molecule has 128 valence electrons. The molecule has 1 heterocycles. The Kier molecular flexibility index (Phi) is 5.40. The van der Waals surface area contributed by atoms with E-state index in [2.05, 4.69) is 26.5 Å². The number of carbonyl (C=O) groups excluding carboxylic acids is 1. The first-order chi connectivity index (χ1) is 12.0. The molecule has 1 amide bonds. The van der Waals surface area contributed by atoms with Crippen molar-refractivity contribution in [3.8, 4) is 5.75 Å². The van der Waals surface area contributed by atoms with Gasteiger partial charge in [-0.25, -0.2) is 5.43 Å². The smallest absolute Gasteiger partial charge is 0.277 e. The number of rotatable bonds is 5. The number of nitrogens with one attached hydrogen (secondary N) is 1. The van der Waals surface area contributed by atoms with E-state index in [1.54, 1.807) is 24.4 Å². The van der Waals surface area contributed by atoms with E-state index in [0.717, 1.165) is 16.5 Å². The fourth-order valence-electron chi connectivity index (χ4n) is 2.42. The van der Waals surface area contributed by atoms with Crippen LogP contribution in [0.25, 0.3) is 10.9 Å². The number of amides is 1. The van der Waals surface area contributed by atoms with Crippen LogP contribution in [-0.2, 0) is 11.8 Å². The molecular weight excluding hydrogens is 406 g/mol. The number of nitrogens with zero attached hydrogens (tertiary/aromatic N) is 2. The predicted octanol–water partition coefficient (Wildman–Crippen LogP) is 4.12. The highest BCUT2D eigenvalue weighted by atomic mass is 79.9. The molecule has 1 N–H and O–H groups in total. The maximum absolute atomic E-state index is 11.9. The lowest BCUT2D eigenvalue weighted by atomic mass is 10.2. The molecule has 0 saturated heterocycles. The van der Waals surface area contributed by atoms with Crippen LogP contribution >= 0.6 is 27.5 Å². The van der Waals surface area contributed by atoms with E-state index in [9.17, 15) is 4.79 Å². The average Bonchev–Trinajstić information content (AvgIpc) is 2.91. The van der Waals surface area contributed by atoms with Crippen LogP contribution in [0.3, 0.4) is 0 Å². The van der Waals surface area contributed by atoms with Crippen molar-refractivity contribution in [2.75, 3.05) is 6.61 Å². The van der Waals surface area contributed by atoms with Crippen LogP contribution in [-0.4, -0.2) is 23.3 Å². The lowest BCUT2D eigenvalue weighted by Gasteiger charge is -2.07. The van der Waals surface area contributed by atoms with E-state index in [0.29, 0.717) is 15.2 Å². The van der Waals surface area contributed by atoms with Crippen molar-refractivity contribution >= 4 is 50.6 Å². The molecule has 3 rings (SSSR count). The van der Waals surface area contributed by atoms with Gasteiger partial charge in [-0.1, -0.05) is 29.8 Å². The molecule has 0 bridgehead atoms. The number of para-hydroxylation sites is 1. The lowest BCUT2D eigenvalue weighted by molar-refractivity contribution is -0.123. The number of halogens is 2. The Balaban J connectivity index is 1.59. The summed E-state index contributed by atoms with van der Waals surface area (Å²) in [5.74, 6) is 0.191. The Morgan fingerprint density at radius 2 is 2.16 bits per heavy atom.